The average Bonchev–Trinajstić information content (AvgIpc) is 2.65. The lowest BCUT2D eigenvalue weighted by atomic mass is 10.1. The standard InChI is InChI=1S/C23H48NO4/c1-4-6-7-8-9-10-11-12-13-14-15-16-23(27)28-22(5-2)21-24(3,17-19-25)18-20-26/h22,25-26H,4-21H2,1-3H3/q+1. The number of aliphatic hydroxyl groups excluding tert-OH is 2. The SMILES string of the molecule is CCCCCCCCCCCCCC(=O)OC(CC)C[N+](C)(CCO)CCO. The second-order valence-corrected chi connectivity index (χ2v) is 8.50. The van der Waals surface area contributed by atoms with Crippen LogP contribution in [0.3, 0.4) is 0 Å². The Hall–Kier alpha value is -0.650. The quantitative estimate of drug-likeness (QED) is 0.179. The first-order valence-corrected chi connectivity index (χ1v) is 11.8. The molecule has 168 valence electrons. The Morgan fingerprint density at radius 3 is 1.71 bits per heavy atom. The van der Waals surface area contributed by atoms with Gasteiger partial charge in [0.1, 0.15) is 19.6 Å². The molecule has 0 aromatic heterocycles. The summed E-state index contributed by atoms with van der Waals surface area (Å²) in [5.74, 6) is -0.109. The molecular weight excluding hydrogens is 354 g/mol. The highest BCUT2D eigenvalue weighted by atomic mass is 16.5. The molecule has 0 aliphatic carbocycles. The Kier molecular flexibility index (Phi) is 18.0. The molecule has 0 rings (SSSR count). The van der Waals surface area contributed by atoms with Crippen LogP contribution in [-0.4, -0.2) is 66.7 Å². The minimum atomic E-state index is -0.150. The van der Waals surface area contributed by atoms with Crippen LogP contribution in [0.15, 0.2) is 0 Å². The van der Waals surface area contributed by atoms with Gasteiger partial charge in [0.15, 0.2) is 6.10 Å². The number of likely N-dealkylation sites (N-methyl/N-ethyl adjacent to an activating group) is 1. The molecule has 2 N–H and O–H groups in total. The molecule has 0 fully saturated rings. The second-order valence-electron chi connectivity index (χ2n) is 8.50. The molecule has 5 heteroatoms. The number of esters is 1. The van der Waals surface area contributed by atoms with Crippen LogP contribution in [0.1, 0.15) is 97.3 Å². The molecule has 0 spiro atoms. The predicted octanol–water partition coefficient (Wildman–Crippen LogP) is 4.44. The zero-order valence-electron chi connectivity index (χ0n) is 19.0. The highest BCUT2D eigenvalue weighted by molar-refractivity contribution is 5.69. The van der Waals surface area contributed by atoms with Crippen molar-refractivity contribution in [3.63, 3.8) is 0 Å². The van der Waals surface area contributed by atoms with Crippen LogP contribution >= 0.6 is 0 Å². The third kappa shape index (κ3) is 15.3. The van der Waals surface area contributed by atoms with E-state index in [9.17, 15) is 15.0 Å². The maximum atomic E-state index is 12.1. The van der Waals surface area contributed by atoms with Crippen LogP contribution in [0, 0.1) is 0 Å². The second kappa shape index (κ2) is 18.4. The summed E-state index contributed by atoms with van der Waals surface area (Å²) in [7, 11) is 1.99. The van der Waals surface area contributed by atoms with Crippen LogP contribution in [0.2, 0.25) is 0 Å². The fraction of sp³-hybridized carbons (Fsp3) is 0.957. The third-order valence-corrected chi connectivity index (χ3v) is 5.66. The number of hydrogen-bond donors (Lipinski definition) is 2. The van der Waals surface area contributed by atoms with Gasteiger partial charge in [-0.1, -0.05) is 78.1 Å². The molecule has 0 radical (unpaired) electrons. The molecule has 1 unspecified atom stereocenters. The van der Waals surface area contributed by atoms with Gasteiger partial charge in [0.05, 0.1) is 20.3 Å². The van der Waals surface area contributed by atoms with Gasteiger partial charge in [0.25, 0.3) is 0 Å². The van der Waals surface area contributed by atoms with Gasteiger partial charge < -0.3 is 19.4 Å². The molecule has 0 heterocycles. The lowest BCUT2D eigenvalue weighted by molar-refractivity contribution is -0.912. The Morgan fingerprint density at radius 2 is 1.29 bits per heavy atom. The van der Waals surface area contributed by atoms with Crippen LogP contribution in [-0.2, 0) is 9.53 Å². The molecule has 5 nitrogen and oxygen atoms in total. The molecule has 0 bridgehead atoms. The fourth-order valence-electron chi connectivity index (χ4n) is 3.70. The Balaban J connectivity index is 3.82. The summed E-state index contributed by atoms with van der Waals surface area (Å²) in [5, 5.41) is 18.5. The minimum absolute atomic E-state index is 0.0691. The zero-order valence-corrected chi connectivity index (χ0v) is 19.0. The average molecular weight is 403 g/mol. The molecule has 0 aromatic rings. The highest BCUT2D eigenvalue weighted by Gasteiger charge is 2.27. The lowest BCUT2D eigenvalue weighted by Crippen LogP contribution is -2.52. The van der Waals surface area contributed by atoms with E-state index in [0.717, 1.165) is 19.3 Å². The molecule has 0 aliphatic heterocycles. The summed E-state index contributed by atoms with van der Waals surface area (Å²) in [6.07, 6.45) is 15.1. The number of aliphatic hydroxyl groups is 2. The molecule has 28 heavy (non-hydrogen) atoms. The van der Waals surface area contributed by atoms with Gasteiger partial charge >= 0.3 is 5.97 Å². The van der Waals surface area contributed by atoms with E-state index in [1.54, 1.807) is 0 Å². The van der Waals surface area contributed by atoms with E-state index in [0.29, 0.717) is 30.5 Å². The van der Waals surface area contributed by atoms with Crippen molar-refractivity contribution >= 4 is 5.97 Å². The Bertz CT molecular complexity index is 357. The van der Waals surface area contributed by atoms with Crippen molar-refractivity contribution in [1.29, 1.82) is 0 Å². The molecular formula is C23H48NO4+. The van der Waals surface area contributed by atoms with Gasteiger partial charge in [0, 0.05) is 6.42 Å². The molecule has 1 atom stereocenters. The van der Waals surface area contributed by atoms with E-state index in [4.69, 9.17) is 4.74 Å². The normalized spacial score (nSPS) is 12.9. The van der Waals surface area contributed by atoms with Gasteiger partial charge in [0.2, 0.25) is 0 Å². The number of quaternary nitrogens is 1. The summed E-state index contributed by atoms with van der Waals surface area (Å²) < 4.78 is 6.19. The van der Waals surface area contributed by atoms with Crippen LogP contribution in [0.25, 0.3) is 0 Å². The van der Waals surface area contributed by atoms with Crippen molar-refractivity contribution in [2.24, 2.45) is 0 Å². The highest BCUT2D eigenvalue weighted by Crippen LogP contribution is 2.14. The van der Waals surface area contributed by atoms with E-state index >= 15 is 0 Å². The largest absolute Gasteiger partial charge is 0.456 e. The number of ether oxygens (including phenoxy) is 1. The minimum Gasteiger partial charge on any atom is -0.456 e. The summed E-state index contributed by atoms with van der Waals surface area (Å²) in [5.41, 5.74) is 0. The van der Waals surface area contributed by atoms with Crippen molar-refractivity contribution in [2.45, 2.75) is 103 Å². The topological polar surface area (TPSA) is 66.8 Å². The van der Waals surface area contributed by atoms with Gasteiger partial charge in [-0.05, 0) is 12.8 Å². The van der Waals surface area contributed by atoms with Gasteiger partial charge in [-0.15, -0.1) is 0 Å². The third-order valence-electron chi connectivity index (χ3n) is 5.66. The summed E-state index contributed by atoms with van der Waals surface area (Å²) in [4.78, 5) is 12.1. The van der Waals surface area contributed by atoms with E-state index in [1.165, 1.54) is 57.8 Å². The van der Waals surface area contributed by atoms with Gasteiger partial charge in [-0.3, -0.25) is 4.79 Å². The fourth-order valence-corrected chi connectivity index (χ4v) is 3.70. The van der Waals surface area contributed by atoms with Crippen molar-refractivity contribution in [2.75, 3.05) is 39.9 Å². The van der Waals surface area contributed by atoms with Crippen molar-refractivity contribution in [1.82, 2.24) is 0 Å². The Labute approximate surface area is 174 Å². The number of unbranched alkanes of at least 4 members (excludes halogenated alkanes) is 10. The van der Waals surface area contributed by atoms with Crippen LogP contribution in [0.4, 0.5) is 0 Å². The first kappa shape index (κ1) is 27.4. The summed E-state index contributed by atoms with van der Waals surface area (Å²) in [6, 6.07) is 0. The Morgan fingerprint density at radius 1 is 0.821 bits per heavy atom. The summed E-state index contributed by atoms with van der Waals surface area (Å²) in [6.45, 7) is 6.17. The molecule has 0 amide bonds. The van der Waals surface area contributed by atoms with Gasteiger partial charge in [-0.25, -0.2) is 0 Å². The van der Waals surface area contributed by atoms with E-state index in [1.807, 2.05) is 14.0 Å². The summed E-state index contributed by atoms with van der Waals surface area (Å²) >= 11 is 0. The molecule has 0 saturated carbocycles. The first-order valence-electron chi connectivity index (χ1n) is 11.8. The van der Waals surface area contributed by atoms with E-state index in [2.05, 4.69) is 6.92 Å². The maximum Gasteiger partial charge on any atom is 0.306 e. The zero-order chi connectivity index (χ0) is 21.1. The number of hydrogen-bond acceptors (Lipinski definition) is 4. The molecule has 0 aromatic carbocycles. The molecule has 0 saturated heterocycles. The predicted molar refractivity (Wildman–Crippen MR) is 116 cm³/mol. The van der Waals surface area contributed by atoms with Crippen molar-refractivity contribution in [3.05, 3.63) is 0 Å². The number of rotatable bonds is 20. The van der Waals surface area contributed by atoms with Crippen LogP contribution in [0.5, 0.6) is 0 Å². The molecule has 0 aliphatic rings. The number of carbonyl (C=O) groups excluding carboxylic acids is 1. The smallest absolute Gasteiger partial charge is 0.306 e. The van der Waals surface area contributed by atoms with Crippen LogP contribution < -0.4 is 0 Å². The monoisotopic (exact) mass is 402 g/mol. The van der Waals surface area contributed by atoms with E-state index < -0.39 is 0 Å². The van der Waals surface area contributed by atoms with Gasteiger partial charge in [-0.2, -0.15) is 0 Å². The number of nitrogens with zero attached hydrogens (tertiary/aromatic N) is 1. The van der Waals surface area contributed by atoms with Crippen molar-refractivity contribution in [3.8, 4) is 0 Å². The first-order chi connectivity index (χ1) is 13.5. The van der Waals surface area contributed by atoms with E-state index in [-0.39, 0.29) is 25.3 Å². The lowest BCUT2D eigenvalue weighted by Gasteiger charge is -2.36. The van der Waals surface area contributed by atoms with Crippen molar-refractivity contribution < 1.29 is 24.2 Å². The maximum absolute atomic E-state index is 12.1. The number of carbonyl (C=O) groups is 1.